The lowest BCUT2D eigenvalue weighted by Crippen LogP contribution is -2.51. The Morgan fingerprint density at radius 3 is 2.13 bits per heavy atom. The second kappa shape index (κ2) is 11.0. The van der Waals surface area contributed by atoms with Gasteiger partial charge in [-0.15, -0.1) is 0 Å². The second-order valence-corrected chi connectivity index (χ2v) is 8.36. The summed E-state index contributed by atoms with van der Waals surface area (Å²) >= 11 is 0. The summed E-state index contributed by atoms with van der Waals surface area (Å²) in [7, 11) is 0. The summed E-state index contributed by atoms with van der Waals surface area (Å²) < 4.78 is 0. The lowest BCUT2D eigenvalue weighted by atomic mass is 9.96. The molecule has 0 aliphatic carbocycles. The van der Waals surface area contributed by atoms with Gasteiger partial charge in [0.15, 0.2) is 0 Å². The smallest absolute Gasteiger partial charge is 0.242 e. The molecule has 0 aliphatic heterocycles. The van der Waals surface area contributed by atoms with Gasteiger partial charge < -0.3 is 21.5 Å². The number of amides is 2. The Bertz CT molecular complexity index is 896. The van der Waals surface area contributed by atoms with E-state index in [1.54, 1.807) is 19.1 Å². The van der Waals surface area contributed by atoms with E-state index in [-0.39, 0.29) is 17.6 Å². The van der Waals surface area contributed by atoms with Crippen molar-refractivity contribution in [3.8, 4) is 5.75 Å². The average Bonchev–Trinajstić information content (AvgIpc) is 2.69. The van der Waals surface area contributed by atoms with Crippen LogP contribution in [0, 0.1) is 27.7 Å². The van der Waals surface area contributed by atoms with E-state index in [0.717, 1.165) is 29.5 Å². The summed E-state index contributed by atoms with van der Waals surface area (Å²) in [5, 5.41) is 15.3. The number of aromatic hydroxyl groups is 1. The highest BCUT2D eigenvalue weighted by Gasteiger charge is 2.21. The van der Waals surface area contributed by atoms with Crippen LogP contribution in [0.5, 0.6) is 5.75 Å². The first-order valence-corrected chi connectivity index (χ1v) is 10.8. The van der Waals surface area contributed by atoms with Crippen LogP contribution in [0.2, 0.25) is 0 Å². The molecule has 168 valence electrons. The highest BCUT2D eigenvalue weighted by molar-refractivity contribution is 5.89. The molecule has 0 unspecified atom stereocenters. The molecule has 5 N–H and O–H groups in total. The zero-order valence-corrected chi connectivity index (χ0v) is 19.2. The van der Waals surface area contributed by atoms with Crippen LogP contribution in [0.4, 0.5) is 0 Å². The Morgan fingerprint density at radius 2 is 1.55 bits per heavy atom. The van der Waals surface area contributed by atoms with Gasteiger partial charge in [-0.25, -0.2) is 0 Å². The van der Waals surface area contributed by atoms with Gasteiger partial charge in [0.05, 0.1) is 6.04 Å². The normalized spacial score (nSPS) is 12.8. The van der Waals surface area contributed by atoms with Crippen LogP contribution in [0.3, 0.4) is 0 Å². The van der Waals surface area contributed by atoms with Gasteiger partial charge >= 0.3 is 0 Å². The van der Waals surface area contributed by atoms with Gasteiger partial charge in [-0.3, -0.25) is 9.59 Å². The molecule has 0 bridgehead atoms. The maximum atomic E-state index is 12.5. The zero-order valence-electron chi connectivity index (χ0n) is 19.2. The molecule has 0 aromatic heterocycles. The van der Waals surface area contributed by atoms with Crippen molar-refractivity contribution < 1.29 is 14.7 Å². The summed E-state index contributed by atoms with van der Waals surface area (Å²) in [6.45, 7) is 10.2. The van der Waals surface area contributed by atoms with Crippen molar-refractivity contribution in [1.82, 2.24) is 10.6 Å². The minimum absolute atomic E-state index is 0.194. The van der Waals surface area contributed by atoms with Crippen LogP contribution in [-0.4, -0.2) is 35.5 Å². The Kier molecular flexibility index (Phi) is 8.63. The SMILES string of the molecule is Cc1cccc(C)c1CCCNC(=O)[C@@H](C)NC(=O)[C@@H](N)Cc1c(C)cc(O)cc1C. The van der Waals surface area contributed by atoms with Gasteiger partial charge in [0.2, 0.25) is 11.8 Å². The van der Waals surface area contributed by atoms with Gasteiger partial charge in [-0.2, -0.15) is 0 Å². The van der Waals surface area contributed by atoms with Crippen molar-refractivity contribution >= 4 is 11.8 Å². The fourth-order valence-electron chi connectivity index (χ4n) is 3.86. The number of nitrogens with two attached hydrogens (primary N) is 1. The van der Waals surface area contributed by atoms with E-state index in [9.17, 15) is 14.7 Å². The first-order valence-electron chi connectivity index (χ1n) is 10.8. The molecular weight excluding hydrogens is 390 g/mol. The third-order valence-electron chi connectivity index (χ3n) is 5.74. The topological polar surface area (TPSA) is 104 Å². The molecule has 0 saturated heterocycles. The van der Waals surface area contributed by atoms with Crippen LogP contribution >= 0.6 is 0 Å². The summed E-state index contributed by atoms with van der Waals surface area (Å²) in [5.41, 5.74) is 12.6. The summed E-state index contributed by atoms with van der Waals surface area (Å²) in [6.07, 6.45) is 2.07. The van der Waals surface area contributed by atoms with E-state index in [2.05, 4.69) is 42.7 Å². The molecule has 2 amide bonds. The standard InChI is InChI=1S/C25H35N3O3/c1-15-8-6-9-16(2)21(15)10-7-11-27-24(30)19(5)28-25(31)23(26)14-22-17(3)12-20(29)13-18(22)4/h6,8-9,12-13,19,23,29H,7,10-11,14,26H2,1-5H3,(H,27,30)(H,28,31)/t19-,23+/m1/s1. The Balaban J connectivity index is 1.80. The van der Waals surface area contributed by atoms with Gasteiger partial charge in [0.1, 0.15) is 11.8 Å². The fraction of sp³-hybridized carbons (Fsp3) is 0.440. The van der Waals surface area contributed by atoms with Crippen molar-refractivity contribution in [3.63, 3.8) is 0 Å². The number of phenolic OH excluding ortho intramolecular Hbond substituents is 1. The monoisotopic (exact) mass is 425 g/mol. The number of nitrogens with one attached hydrogen (secondary N) is 2. The van der Waals surface area contributed by atoms with Gasteiger partial charge in [0.25, 0.3) is 0 Å². The molecule has 6 heteroatoms. The minimum atomic E-state index is -0.777. The molecule has 0 aliphatic rings. The quantitative estimate of drug-likeness (QED) is 0.464. The van der Waals surface area contributed by atoms with Crippen molar-refractivity contribution in [3.05, 3.63) is 63.7 Å². The predicted molar refractivity (Wildman–Crippen MR) is 124 cm³/mol. The fourth-order valence-corrected chi connectivity index (χ4v) is 3.86. The third kappa shape index (κ3) is 6.82. The Labute approximate surface area is 185 Å². The van der Waals surface area contributed by atoms with Crippen molar-refractivity contribution in [2.45, 2.75) is 66.0 Å². The maximum Gasteiger partial charge on any atom is 0.242 e. The van der Waals surface area contributed by atoms with Crippen LogP contribution in [0.15, 0.2) is 30.3 Å². The first-order chi connectivity index (χ1) is 14.6. The number of carbonyl (C=O) groups excluding carboxylic acids is 2. The van der Waals surface area contributed by atoms with Gasteiger partial charge in [0, 0.05) is 6.54 Å². The van der Waals surface area contributed by atoms with Crippen molar-refractivity contribution in [1.29, 1.82) is 0 Å². The van der Waals surface area contributed by atoms with Crippen LogP contribution in [-0.2, 0) is 22.4 Å². The Hall–Kier alpha value is -2.86. The van der Waals surface area contributed by atoms with E-state index in [0.29, 0.717) is 13.0 Å². The van der Waals surface area contributed by atoms with Gasteiger partial charge in [-0.1, -0.05) is 18.2 Å². The number of rotatable bonds is 9. The van der Waals surface area contributed by atoms with E-state index < -0.39 is 12.1 Å². The molecule has 2 aromatic rings. The average molecular weight is 426 g/mol. The second-order valence-electron chi connectivity index (χ2n) is 8.36. The van der Waals surface area contributed by atoms with Crippen molar-refractivity contribution in [2.75, 3.05) is 6.54 Å². The molecule has 0 radical (unpaired) electrons. The van der Waals surface area contributed by atoms with Crippen molar-refractivity contribution in [2.24, 2.45) is 5.73 Å². The number of aryl methyl sites for hydroxylation is 4. The van der Waals surface area contributed by atoms with E-state index in [4.69, 9.17) is 5.73 Å². The zero-order chi connectivity index (χ0) is 23.1. The highest BCUT2D eigenvalue weighted by Crippen LogP contribution is 2.21. The molecule has 31 heavy (non-hydrogen) atoms. The molecule has 0 saturated carbocycles. The molecule has 0 spiro atoms. The minimum Gasteiger partial charge on any atom is -0.508 e. The number of hydrogen-bond donors (Lipinski definition) is 4. The molecule has 6 nitrogen and oxygen atoms in total. The Morgan fingerprint density at radius 1 is 0.968 bits per heavy atom. The summed E-state index contributed by atoms with van der Waals surface area (Å²) in [5.74, 6) is -0.399. The first kappa shape index (κ1) is 24.4. The number of phenols is 1. The number of benzene rings is 2. The molecule has 2 rings (SSSR count). The van der Waals surface area contributed by atoms with Gasteiger partial charge in [-0.05, 0) is 99.4 Å². The van der Waals surface area contributed by atoms with Crippen LogP contribution in [0.1, 0.15) is 46.7 Å². The molecule has 0 heterocycles. The highest BCUT2D eigenvalue weighted by atomic mass is 16.3. The lowest BCUT2D eigenvalue weighted by molar-refractivity contribution is -0.129. The number of carbonyl (C=O) groups is 2. The largest absolute Gasteiger partial charge is 0.508 e. The predicted octanol–water partition coefficient (Wildman–Crippen LogP) is 2.75. The van der Waals surface area contributed by atoms with Crippen LogP contribution in [0.25, 0.3) is 0 Å². The summed E-state index contributed by atoms with van der Waals surface area (Å²) in [6, 6.07) is 8.12. The number of hydrogen-bond acceptors (Lipinski definition) is 4. The van der Waals surface area contributed by atoms with E-state index in [1.165, 1.54) is 16.7 Å². The molecule has 2 atom stereocenters. The molecular formula is C25H35N3O3. The van der Waals surface area contributed by atoms with E-state index in [1.807, 2.05) is 13.8 Å². The third-order valence-corrected chi connectivity index (χ3v) is 5.74. The summed E-state index contributed by atoms with van der Waals surface area (Å²) in [4.78, 5) is 24.8. The molecule has 0 fully saturated rings. The maximum absolute atomic E-state index is 12.5. The molecule has 2 aromatic carbocycles. The van der Waals surface area contributed by atoms with Crippen LogP contribution < -0.4 is 16.4 Å². The lowest BCUT2D eigenvalue weighted by Gasteiger charge is -2.19. The van der Waals surface area contributed by atoms with E-state index >= 15 is 0 Å².